The highest BCUT2D eigenvalue weighted by Gasteiger charge is 2.20. The summed E-state index contributed by atoms with van der Waals surface area (Å²) in [5, 5.41) is 4.97. The molecule has 0 aliphatic heterocycles. The zero-order valence-electron chi connectivity index (χ0n) is 26.4. The van der Waals surface area contributed by atoms with E-state index >= 15 is 0 Å². The minimum atomic E-state index is 1.11. The summed E-state index contributed by atoms with van der Waals surface area (Å²) in [6.45, 7) is 0. The Morgan fingerprint density at radius 3 is 1.73 bits per heavy atom. The van der Waals surface area contributed by atoms with Crippen molar-refractivity contribution in [2.24, 2.45) is 0 Å². The quantitative estimate of drug-likeness (QED) is 0.181. The highest BCUT2D eigenvalue weighted by atomic mass is 15.1. The molecule has 0 unspecified atom stereocenters. The molecule has 2 nitrogen and oxygen atoms in total. The Morgan fingerprint density at radius 1 is 0.354 bits per heavy atom. The van der Waals surface area contributed by atoms with Gasteiger partial charge in [-0.2, -0.15) is 0 Å². The Kier molecular flexibility index (Phi) is 6.84. The SMILES string of the molecule is c1ccc(-c2ccc(N(c3ccccc3)c3ccc4c(c3)c3c(-c5cccc6ccccc56)cccc3n4-c3ccccc3)cc2)cc1. The van der Waals surface area contributed by atoms with E-state index in [1.807, 2.05) is 0 Å². The Morgan fingerprint density at radius 2 is 0.938 bits per heavy atom. The molecule has 8 aromatic carbocycles. The summed E-state index contributed by atoms with van der Waals surface area (Å²) in [5.74, 6) is 0. The Bertz CT molecular complexity index is 2530. The minimum Gasteiger partial charge on any atom is -0.310 e. The van der Waals surface area contributed by atoms with E-state index in [1.165, 1.54) is 54.8 Å². The van der Waals surface area contributed by atoms with Gasteiger partial charge in [-0.25, -0.2) is 0 Å². The molecule has 0 saturated heterocycles. The molecule has 226 valence electrons. The maximum absolute atomic E-state index is 2.41. The lowest BCUT2D eigenvalue weighted by molar-refractivity contribution is 1.18. The van der Waals surface area contributed by atoms with Gasteiger partial charge in [0, 0.05) is 33.5 Å². The summed E-state index contributed by atoms with van der Waals surface area (Å²) in [6, 6.07) is 69.8. The fraction of sp³-hybridized carbons (Fsp3) is 0. The van der Waals surface area contributed by atoms with Gasteiger partial charge in [-0.05, 0) is 93.7 Å². The molecule has 9 rings (SSSR count). The second-order valence-electron chi connectivity index (χ2n) is 12.2. The zero-order valence-corrected chi connectivity index (χ0v) is 26.4. The second-order valence-corrected chi connectivity index (χ2v) is 12.2. The standard InChI is InChI=1S/C46H32N2/c1-4-14-33(15-5-1)34-26-28-38(29-27-34)47(36-18-6-2-7-19-36)39-30-31-44-43(32-39)46-42(41-23-12-17-35-16-10-11-22-40(35)41)24-13-25-45(46)48(44)37-20-8-3-9-21-37/h1-32H. The molecule has 1 heterocycles. The lowest BCUT2D eigenvalue weighted by Gasteiger charge is -2.26. The molecule has 0 bridgehead atoms. The van der Waals surface area contributed by atoms with E-state index in [2.05, 4.69) is 204 Å². The average Bonchev–Trinajstić information content (AvgIpc) is 3.50. The topological polar surface area (TPSA) is 8.17 Å². The largest absolute Gasteiger partial charge is 0.310 e. The van der Waals surface area contributed by atoms with Crippen molar-refractivity contribution in [3.05, 3.63) is 194 Å². The summed E-state index contributed by atoms with van der Waals surface area (Å²) < 4.78 is 2.41. The minimum absolute atomic E-state index is 1.11. The maximum Gasteiger partial charge on any atom is 0.0547 e. The molecule has 2 heteroatoms. The first kappa shape index (κ1) is 27.9. The first-order chi connectivity index (χ1) is 23.8. The number of hydrogen-bond donors (Lipinski definition) is 0. The molecule has 0 saturated carbocycles. The number of benzene rings is 8. The van der Waals surface area contributed by atoms with Crippen molar-refractivity contribution in [2.75, 3.05) is 4.90 Å². The Hall–Kier alpha value is -6.38. The lowest BCUT2D eigenvalue weighted by Crippen LogP contribution is -2.09. The van der Waals surface area contributed by atoms with Crippen LogP contribution in [-0.4, -0.2) is 4.57 Å². The number of hydrogen-bond acceptors (Lipinski definition) is 1. The summed E-state index contributed by atoms with van der Waals surface area (Å²) in [6.07, 6.45) is 0. The number of anilines is 3. The summed E-state index contributed by atoms with van der Waals surface area (Å²) in [7, 11) is 0. The van der Waals surface area contributed by atoms with E-state index in [9.17, 15) is 0 Å². The van der Waals surface area contributed by atoms with Gasteiger partial charge in [0.05, 0.1) is 11.0 Å². The molecule has 0 spiro atoms. The van der Waals surface area contributed by atoms with Gasteiger partial charge in [0.2, 0.25) is 0 Å². The highest BCUT2D eigenvalue weighted by Crippen LogP contribution is 2.44. The van der Waals surface area contributed by atoms with E-state index in [1.54, 1.807) is 0 Å². The third kappa shape index (κ3) is 4.74. The number of aromatic nitrogens is 1. The first-order valence-electron chi connectivity index (χ1n) is 16.4. The normalized spacial score (nSPS) is 11.3. The van der Waals surface area contributed by atoms with Crippen LogP contribution in [0, 0.1) is 0 Å². The molecule has 0 atom stereocenters. The van der Waals surface area contributed by atoms with Crippen LogP contribution in [0.2, 0.25) is 0 Å². The van der Waals surface area contributed by atoms with Gasteiger partial charge >= 0.3 is 0 Å². The molecule has 1 aromatic heterocycles. The fourth-order valence-electron chi connectivity index (χ4n) is 7.20. The van der Waals surface area contributed by atoms with Gasteiger partial charge in [-0.1, -0.05) is 133 Å². The van der Waals surface area contributed by atoms with Gasteiger partial charge in [0.1, 0.15) is 0 Å². The maximum atomic E-state index is 2.41. The molecule has 0 aliphatic carbocycles. The van der Waals surface area contributed by atoms with Gasteiger partial charge in [0.15, 0.2) is 0 Å². The highest BCUT2D eigenvalue weighted by molar-refractivity contribution is 6.18. The summed E-state index contributed by atoms with van der Waals surface area (Å²) >= 11 is 0. The van der Waals surface area contributed by atoms with Crippen molar-refractivity contribution in [1.29, 1.82) is 0 Å². The fourth-order valence-corrected chi connectivity index (χ4v) is 7.20. The molecule has 0 fully saturated rings. The van der Waals surface area contributed by atoms with Gasteiger partial charge in [-0.15, -0.1) is 0 Å². The van der Waals surface area contributed by atoms with Crippen LogP contribution < -0.4 is 4.90 Å². The third-order valence-electron chi connectivity index (χ3n) is 9.37. The third-order valence-corrected chi connectivity index (χ3v) is 9.37. The van der Waals surface area contributed by atoms with Crippen LogP contribution in [0.4, 0.5) is 17.1 Å². The van der Waals surface area contributed by atoms with Crippen LogP contribution in [-0.2, 0) is 0 Å². The predicted molar refractivity (Wildman–Crippen MR) is 204 cm³/mol. The molecule has 0 amide bonds. The van der Waals surface area contributed by atoms with Crippen LogP contribution in [0.3, 0.4) is 0 Å². The van der Waals surface area contributed by atoms with E-state index in [0.29, 0.717) is 0 Å². The van der Waals surface area contributed by atoms with Gasteiger partial charge in [-0.3, -0.25) is 0 Å². The lowest BCUT2D eigenvalue weighted by atomic mass is 9.94. The van der Waals surface area contributed by atoms with Crippen molar-refractivity contribution >= 4 is 49.6 Å². The summed E-state index contributed by atoms with van der Waals surface area (Å²) in [5.41, 5.74) is 11.8. The van der Waals surface area contributed by atoms with Gasteiger partial charge < -0.3 is 9.47 Å². The predicted octanol–water partition coefficient (Wildman–Crippen LogP) is 12.7. The van der Waals surface area contributed by atoms with Crippen LogP contribution in [0.25, 0.3) is 60.5 Å². The van der Waals surface area contributed by atoms with Crippen molar-refractivity contribution in [3.8, 4) is 27.9 Å². The molecule has 0 N–H and O–H groups in total. The van der Waals surface area contributed by atoms with E-state index in [4.69, 9.17) is 0 Å². The van der Waals surface area contributed by atoms with E-state index in [-0.39, 0.29) is 0 Å². The number of nitrogens with zero attached hydrogens (tertiary/aromatic N) is 2. The Labute approximate surface area is 280 Å². The first-order valence-corrected chi connectivity index (χ1v) is 16.4. The number of rotatable bonds is 6. The van der Waals surface area contributed by atoms with Gasteiger partial charge in [0.25, 0.3) is 0 Å². The molecular weight excluding hydrogens is 581 g/mol. The summed E-state index contributed by atoms with van der Waals surface area (Å²) in [4.78, 5) is 2.36. The molecule has 0 aliphatic rings. The Balaban J connectivity index is 1.30. The van der Waals surface area contributed by atoms with E-state index in [0.717, 1.165) is 22.7 Å². The van der Waals surface area contributed by atoms with Crippen LogP contribution >= 0.6 is 0 Å². The van der Waals surface area contributed by atoms with E-state index < -0.39 is 0 Å². The number of fused-ring (bicyclic) bond motifs is 4. The second kappa shape index (κ2) is 11.8. The number of para-hydroxylation sites is 2. The molecule has 48 heavy (non-hydrogen) atoms. The van der Waals surface area contributed by atoms with Crippen LogP contribution in [0.5, 0.6) is 0 Å². The molecule has 9 aromatic rings. The van der Waals surface area contributed by atoms with Crippen molar-refractivity contribution in [3.63, 3.8) is 0 Å². The zero-order chi connectivity index (χ0) is 31.9. The molecule has 0 radical (unpaired) electrons. The van der Waals surface area contributed by atoms with Crippen molar-refractivity contribution < 1.29 is 0 Å². The molecular formula is C46H32N2. The van der Waals surface area contributed by atoms with Crippen LogP contribution in [0.1, 0.15) is 0 Å². The smallest absolute Gasteiger partial charge is 0.0547 e. The van der Waals surface area contributed by atoms with Crippen LogP contribution in [0.15, 0.2) is 194 Å². The monoisotopic (exact) mass is 612 g/mol. The van der Waals surface area contributed by atoms with Crippen molar-refractivity contribution in [2.45, 2.75) is 0 Å². The van der Waals surface area contributed by atoms with Crippen molar-refractivity contribution in [1.82, 2.24) is 4.57 Å². The average molecular weight is 613 g/mol.